The number of hydrogen-bond acceptors (Lipinski definition) is 9. The fourth-order valence-electron chi connectivity index (χ4n) is 3.62. The van der Waals surface area contributed by atoms with Crippen LogP contribution < -0.4 is 16.0 Å². The number of methoxy groups -OCH3 is 1. The van der Waals surface area contributed by atoms with Gasteiger partial charge in [0.2, 0.25) is 11.7 Å². The summed E-state index contributed by atoms with van der Waals surface area (Å²) in [5.74, 6) is -3.35. The molecule has 1 saturated heterocycles. The maximum Gasteiger partial charge on any atom is 0.375 e. The van der Waals surface area contributed by atoms with E-state index in [9.17, 15) is 23.3 Å². The van der Waals surface area contributed by atoms with Gasteiger partial charge in [-0.1, -0.05) is 12.1 Å². The summed E-state index contributed by atoms with van der Waals surface area (Å²) in [6.07, 6.45) is 1.13. The lowest BCUT2D eigenvalue weighted by atomic mass is 10.2. The van der Waals surface area contributed by atoms with Crippen molar-refractivity contribution in [1.29, 1.82) is 0 Å². The van der Waals surface area contributed by atoms with Crippen LogP contribution in [0.5, 0.6) is 5.75 Å². The molecule has 1 aromatic heterocycles. The number of halogens is 1. The fourth-order valence-corrected chi connectivity index (χ4v) is 5.47. The minimum atomic E-state index is -4.04. The quantitative estimate of drug-likeness (QED) is 0.329. The summed E-state index contributed by atoms with van der Waals surface area (Å²) in [7, 11) is -2.57. The van der Waals surface area contributed by atoms with Crippen LogP contribution in [0.15, 0.2) is 40.1 Å². The molecular formula is C22H28FN2O9P. The van der Waals surface area contributed by atoms with Gasteiger partial charge in [0.1, 0.15) is 18.5 Å². The minimum absolute atomic E-state index is 0.00304. The monoisotopic (exact) mass is 514 g/mol. The first-order valence-electron chi connectivity index (χ1n) is 11.1. The van der Waals surface area contributed by atoms with Gasteiger partial charge in [-0.3, -0.25) is 18.7 Å². The standard InChI is InChI=1S/C22H28FN2O9P/c1-4-32-35(29,33-5-2)21(15-8-10-16(30-3)11-9-15)34-19(26)14-25-20(27)17(23)13-24(22(25)28)18-7-6-12-31-18/h8-11,13,18,21H,4-7,12,14H2,1-3H3/t18-,21?/m1/s1. The van der Waals surface area contributed by atoms with Crippen LogP contribution in [0.25, 0.3) is 0 Å². The highest BCUT2D eigenvalue weighted by atomic mass is 31.2. The van der Waals surface area contributed by atoms with Crippen molar-refractivity contribution in [3.8, 4) is 5.75 Å². The van der Waals surface area contributed by atoms with E-state index in [1.165, 1.54) is 19.2 Å². The molecule has 2 heterocycles. The maximum absolute atomic E-state index is 14.3. The molecule has 1 aliphatic rings. The molecule has 1 aliphatic heterocycles. The lowest BCUT2D eigenvalue weighted by molar-refractivity contribution is -0.147. The van der Waals surface area contributed by atoms with Crippen molar-refractivity contribution >= 4 is 13.6 Å². The number of nitrogens with zero attached hydrogens (tertiary/aromatic N) is 2. The third-order valence-corrected chi connectivity index (χ3v) is 7.42. The van der Waals surface area contributed by atoms with Crippen LogP contribution in [0, 0.1) is 5.82 Å². The highest BCUT2D eigenvalue weighted by Crippen LogP contribution is 2.61. The first-order chi connectivity index (χ1) is 16.7. The van der Waals surface area contributed by atoms with E-state index >= 15 is 0 Å². The van der Waals surface area contributed by atoms with E-state index in [-0.39, 0.29) is 18.8 Å². The van der Waals surface area contributed by atoms with Crippen molar-refractivity contribution in [3.05, 3.63) is 62.7 Å². The summed E-state index contributed by atoms with van der Waals surface area (Å²) >= 11 is 0. The van der Waals surface area contributed by atoms with E-state index in [1.54, 1.807) is 26.0 Å². The highest BCUT2D eigenvalue weighted by Gasteiger charge is 2.40. The second-order valence-electron chi connectivity index (χ2n) is 7.52. The van der Waals surface area contributed by atoms with E-state index < -0.39 is 49.2 Å². The molecule has 13 heteroatoms. The Morgan fingerprint density at radius 3 is 2.40 bits per heavy atom. The van der Waals surface area contributed by atoms with Crippen molar-refractivity contribution in [1.82, 2.24) is 9.13 Å². The molecule has 35 heavy (non-hydrogen) atoms. The lowest BCUT2D eigenvalue weighted by Gasteiger charge is -2.26. The molecule has 0 spiro atoms. The molecule has 0 aliphatic carbocycles. The number of aromatic nitrogens is 2. The largest absolute Gasteiger partial charge is 0.497 e. The molecule has 11 nitrogen and oxygen atoms in total. The fraction of sp³-hybridized carbons (Fsp3) is 0.500. The number of carbonyl (C=O) groups excluding carboxylic acids is 1. The Hall–Kier alpha value is -2.79. The number of carbonyl (C=O) groups is 1. The summed E-state index contributed by atoms with van der Waals surface area (Å²) in [5.41, 5.74) is -1.95. The summed E-state index contributed by atoms with van der Waals surface area (Å²) in [5, 5.41) is 0. The average Bonchev–Trinajstić information content (AvgIpc) is 3.38. The molecule has 0 amide bonds. The first-order valence-corrected chi connectivity index (χ1v) is 12.7. The molecule has 2 atom stereocenters. The zero-order chi connectivity index (χ0) is 25.6. The zero-order valence-electron chi connectivity index (χ0n) is 19.7. The number of benzene rings is 1. The van der Waals surface area contributed by atoms with E-state index in [0.29, 0.717) is 29.8 Å². The molecule has 0 N–H and O–H groups in total. The molecule has 2 aromatic rings. The second kappa shape index (κ2) is 11.8. The van der Waals surface area contributed by atoms with E-state index in [4.69, 9.17) is 23.3 Å². The second-order valence-corrected chi connectivity index (χ2v) is 9.58. The van der Waals surface area contributed by atoms with Gasteiger partial charge in [0, 0.05) is 12.2 Å². The normalized spacial score (nSPS) is 16.7. The van der Waals surface area contributed by atoms with Gasteiger partial charge in [0.05, 0.1) is 26.5 Å². The van der Waals surface area contributed by atoms with E-state index in [1.807, 2.05) is 0 Å². The van der Waals surface area contributed by atoms with Gasteiger partial charge in [-0.15, -0.1) is 0 Å². The van der Waals surface area contributed by atoms with Crippen LogP contribution in [0.4, 0.5) is 4.39 Å². The van der Waals surface area contributed by atoms with Crippen LogP contribution in [-0.2, 0) is 34.4 Å². The minimum Gasteiger partial charge on any atom is -0.497 e. The summed E-state index contributed by atoms with van der Waals surface area (Å²) in [4.78, 5) is 38.1. The van der Waals surface area contributed by atoms with Crippen LogP contribution in [0.2, 0.25) is 0 Å². The maximum atomic E-state index is 14.3. The van der Waals surface area contributed by atoms with Crippen molar-refractivity contribution in [2.24, 2.45) is 0 Å². The predicted molar refractivity (Wildman–Crippen MR) is 122 cm³/mol. The Balaban J connectivity index is 1.95. The molecule has 1 unspecified atom stereocenters. The molecule has 0 radical (unpaired) electrons. The average molecular weight is 514 g/mol. The third-order valence-electron chi connectivity index (χ3n) is 5.21. The SMILES string of the molecule is CCOP(=O)(OCC)C(OC(=O)Cn1c(=O)c(F)cn([C@H]2CCCO2)c1=O)c1ccc(OC)cc1. The Labute approximate surface area is 200 Å². The number of esters is 1. The molecule has 192 valence electrons. The summed E-state index contributed by atoms with van der Waals surface area (Å²) in [6.45, 7) is 2.64. The Bertz CT molecular complexity index is 1180. The zero-order valence-corrected chi connectivity index (χ0v) is 20.6. The third kappa shape index (κ3) is 6.07. The van der Waals surface area contributed by atoms with Crippen LogP contribution in [-0.4, -0.2) is 42.0 Å². The lowest BCUT2D eigenvalue weighted by Crippen LogP contribution is -2.44. The van der Waals surface area contributed by atoms with Gasteiger partial charge in [-0.25, -0.2) is 9.36 Å². The van der Waals surface area contributed by atoms with Crippen LogP contribution >= 0.6 is 7.60 Å². The van der Waals surface area contributed by atoms with Crippen molar-refractivity contribution in [3.63, 3.8) is 0 Å². The van der Waals surface area contributed by atoms with Crippen molar-refractivity contribution < 1.29 is 37.0 Å². The number of hydrogen-bond donors (Lipinski definition) is 0. The first kappa shape index (κ1) is 26.8. The summed E-state index contributed by atoms with van der Waals surface area (Å²) < 4.78 is 55.9. The van der Waals surface area contributed by atoms with Gasteiger partial charge in [-0.05, 0) is 38.8 Å². The molecule has 0 bridgehead atoms. The topological polar surface area (TPSA) is 124 Å². The number of ether oxygens (including phenoxy) is 3. The van der Waals surface area contributed by atoms with Gasteiger partial charge < -0.3 is 23.3 Å². The smallest absolute Gasteiger partial charge is 0.375 e. The molecule has 1 aromatic carbocycles. The van der Waals surface area contributed by atoms with Crippen molar-refractivity contribution in [2.45, 2.75) is 45.3 Å². The van der Waals surface area contributed by atoms with Gasteiger partial charge in [0.25, 0.3) is 5.56 Å². The van der Waals surface area contributed by atoms with Gasteiger partial charge >= 0.3 is 19.3 Å². The Morgan fingerprint density at radius 1 is 1.20 bits per heavy atom. The Kier molecular flexibility index (Phi) is 9.01. The predicted octanol–water partition coefficient (Wildman–Crippen LogP) is 2.97. The van der Waals surface area contributed by atoms with E-state index in [2.05, 4.69) is 0 Å². The van der Waals surface area contributed by atoms with Crippen LogP contribution in [0.3, 0.4) is 0 Å². The van der Waals surface area contributed by atoms with Gasteiger partial charge in [0.15, 0.2) is 0 Å². The van der Waals surface area contributed by atoms with E-state index in [0.717, 1.165) is 10.8 Å². The summed E-state index contributed by atoms with van der Waals surface area (Å²) in [6, 6.07) is 6.16. The van der Waals surface area contributed by atoms with Gasteiger partial charge in [-0.2, -0.15) is 4.39 Å². The van der Waals surface area contributed by atoms with Crippen LogP contribution in [0.1, 0.15) is 44.3 Å². The highest BCUT2D eigenvalue weighted by molar-refractivity contribution is 7.54. The number of rotatable bonds is 11. The molecular weight excluding hydrogens is 486 g/mol. The molecule has 1 fully saturated rings. The van der Waals surface area contributed by atoms with Crippen molar-refractivity contribution in [2.75, 3.05) is 26.9 Å². The Morgan fingerprint density at radius 2 is 1.86 bits per heavy atom. The molecule has 3 rings (SSSR count). The molecule has 0 saturated carbocycles.